The molecular formula is C8H16NO. The number of rotatable bonds is 1. The lowest BCUT2D eigenvalue weighted by Crippen LogP contribution is -2.19. The van der Waals surface area contributed by atoms with Gasteiger partial charge < -0.3 is 4.90 Å². The van der Waals surface area contributed by atoms with Crippen LogP contribution < -0.4 is 0 Å². The van der Waals surface area contributed by atoms with E-state index in [-0.39, 0.29) is 6.61 Å². The Morgan fingerprint density at radius 1 is 1.40 bits per heavy atom. The Bertz CT molecular complexity index is 95.3. The topological polar surface area (TPSA) is 23.1 Å². The van der Waals surface area contributed by atoms with E-state index in [1.165, 1.54) is 13.0 Å². The summed E-state index contributed by atoms with van der Waals surface area (Å²) < 4.78 is 0. The zero-order valence-corrected chi connectivity index (χ0v) is 6.68. The van der Waals surface area contributed by atoms with E-state index in [9.17, 15) is 5.11 Å². The minimum Gasteiger partial charge on any atom is -0.306 e. The Morgan fingerprint density at radius 3 is 2.90 bits per heavy atom. The van der Waals surface area contributed by atoms with Crippen LogP contribution in [0.25, 0.3) is 0 Å². The van der Waals surface area contributed by atoms with Crippen molar-refractivity contribution in [2.45, 2.75) is 19.3 Å². The van der Waals surface area contributed by atoms with Gasteiger partial charge in [-0.2, -0.15) is 0 Å². The Balaban J connectivity index is 2.26. The summed E-state index contributed by atoms with van der Waals surface area (Å²) in [5.74, 6) is 0.463. The molecule has 0 aliphatic carbocycles. The zero-order valence-electron chi connectivity index (χ0n) is 6.68. The van der Waals surface area contributed by atoms with E-state index in [2.05, 4.69) is 11.9 Å². The SMILES string of the molecule is CN1CCCC(C[O])CC1. The molecule has 0 aromatic carbocycles. The summed E-state index contributed by atoms with van der Waals surface area (Å²) in [6, 6.07) is 0. The fraction of sp³-hybridized carbons (Fsp3) is 1.00. The van der Waals surface area contributed by atoms with Gasteiger partial charge in [0.2, 0.25) is 0 Å². The molecule has 1 heterocycles. The Labute approximate surface area is 62.8 Å². The predicted octanol–water partition coefficient (Wildman–Crippen LogP) is 1.15. The first-order chi connectivity index (χ1) is 4.83. The summed E-state index contributed by atoms with van der Waals surface area (Å²) in [6.07, 6.45) is 3.47. The van der Waals surface area contributed by atoms with Gasteiger partial charge in [-0.05, 0) is 45.3 Å². The van der Waals surface area contributed by atoms with Crippen molar-refractivity contribution in [2.24, 2.45) is 5.92 Å². The molecule has 1 rings (SSSR count). The van der Waals surface area contributed by atoms with E-state index in [1.54, 1.807) is 0 Å². The summed E-state index contributed by atoms with van der Waals surface area (Å²) in [5.41, 5.74) is 0. The van der Waals surface area contributed by atoms with Crippen LogP contribution in [-0.2, 0) is 5.11 Å². The van der Waals surface area contributed by atoms with Crippen LogP contribution in [-0.4, -0.2) is 31.6 Å². The molecule has 0 N–H and O–H groups in total. The molecule has 0 aromatic heterocycles. The maximum atomic E-state index is 10.5. The number of hydrogen-bond acceptors (Lipinski definition) is 1. The van der Waals surface area contributed by atoms with E-state index < -0.39 is 0 Å². The smallest absolute Gasteiger partial charge is 0.0850 e. The summed E-state index contributed by atoms with van der Waals surface area (Å²) in [6.45, 7) is 2.43. The quantitative estimate of drug-likeness (QED) is 0.538. The van der Waals surface area contributed by atoms with Crippen molar-refractivity contribution in [3.63, 3.8) is 0 Å². The molecule has 59 valence electrons. The second-order valence-corrected chi connectivity index (χ2v) is 3.27. The number of nitrogens with zero attached hydrogens (tertiary/aromatic N) is 1. The Kier molecular flexibility index (Phi) is 3.16. The van der Waals surface area contributed by atoms with Crippen LogP contribution in [0.3, 0.4) is 0 Å². The van der Waals surface area contributed by atoms with Gasteiger partial charge in [0.1, 0.15) is 0 Å². The molecule has 0 spiro atoms. The molecule has 1 unspecified atom stereocenters. The molecule has 0 aromatic rings. The molecule has 1 radical (unpaired) electrons. The highest BCUT2D eigenvalue weighted by Gasteiger charge is 2.13. The summed E-state index contributed by atoms with van der Waals surface area (Å²) >= 11 is 0. The van der Waals surface area contributed by atoms with Gasteiger partial charge >= 0.3 is 0 Å². The van der Waals surface area contributed by atoms with E-state index in [4.69, 9.17) is 0 Å². The van der Waals surface area contributed by atoms with Crippen LogP contribution in [0.15, 0.2) is 0 Å². The normalized spacial score (nSPS) is 30.0. The number of hydrogen-bond donors (Lipinski definition) is 0. The van der Waals surface area contributed by atoms with Gasteiger partial charge in [-0.1, -0.05) is 0 Å². The van der Waals surface area contributed by atoms with Crippen molar-refractivity contribution < 1.29 is 5.11 Å². The van der Waals surface area contributed by atoms with Crippen LogP contribution in [0, 0.1) is 5.92 Å². The molecule has 1 fully saturated rings. The number of likely N-dealkylation sites (tertiary alicyclic amines) is 1. The molecule has 2 heteroatoms. The van der Waals surface area contributed by atoms with Gasteiger partial charge in [0.05, 0.1) is 6.61 Å². The minimum absolute atomic E-state index is 0.133. The third-order valence-corrected chi connectivity index (χ3v) is 2.31. The van der Waals surface area contributed by atoms with Crippen LogP contribution in [0.1, 0.15) is 19.3 Å². The highest BCUT2D eigenvalue weighted by atomic mass is 16.3. The van der Waals surface area contributed by atoms with Gasteiger partial charge in [0.15, 0.2) is 0 Å². The summed E-state index contributed by atoms with van der Waals surface area (Å²) in [5, 5.41) is 10.5. The molecule has 1 aliphatic rings. The maximum absolute atomic E-state index is 10.5. The van der Waals surface area contributed by atoms with Crippen molar-refractivity contribution in [3.05, 3.63) is 0 Å². The average Bonchev–Trinajstić information content (AvgIpc) is 2.14. The first-order valence-corrected chi connectivity index (χ1v) is 4.09. The molecule has 0 amide bonds. The second-order valence-electron chi connectivity index (χ2n) is 3.27. The van der Waals surface area contributed by atoms with Crippen molar-refractivity contribution in [2.75, 3.05) is 26.7 Å². The predicted molar refractivity (Wildman–Crippen MR) is 40.4 cm³/mol. The molecule has 1 atom stereocenters. The standard InChI is InChI=1S/C8H16NO/c1-9-5-2-3-8(7-10)4-6-9/h8H,2-7H2,1H3. The zero-order chi connectivity index (χ0) is 7.40. The van der Waals surface area contributed by atoms with Gasteiger partial charge in [0, 0.05) is 0 Å². The van der Waals surface area contributed by atoms with Crippen molar-refractivity contribution >= 4 is 0 Å². The van der Waals surface area contributed by atoms with Gasteiger partial charge in [-0.25, -0.2) is 5.11 Å². The van der Waals surface area contributed by atoms with E-state index in [0.717, 1.165) is 19.4 Å². The molecule has 10 heavy (non-hydrogen) atoms. The van der Waals surface area contributed by atoms with Crippen LogP contribution in [0.2, 0.25) is 0 Å². The third kappa shape index (κ3) is 2.27. The fourth-order valence-electron chi connectivity index (χ4n) is 1.48. The molecular weight excluding hydrogens is 126 g/mol. The molecule has 0 bridgehead atoms. The fourth-order valence-corrected chi connectivity index (χ4v) is 1.48. The maximum Gasteiger partial charge on any atom is 0.0850 e. The lowest BCUT2D eigenvalue weighted by molar-refractivity contribution is 0.135. The Morgan fingerprint density at radius 2 is 2.20 bits per heavy atom. The lowest BCUT2D eigenvalue weighted by Gasteiger charge is -2.11. The van der Waals surface area contributed by atoms with Crippen molar-refractivity contribution in [1.82, 2.24) is 4.90 Å². The molecule has 2 nitrogen and oxygen atoms in total. The van der Waals surface area contributed by atoms with Crippen LogP contribution >= 0.6 is 0 Å². The largest absolute Gasteiger partial charge is 0.306 e. The van der Waals surface area contributed by atoms with Crippen molar-refractivity contribution in [1.29, 1.82) is 0 Å². The molecule has 1 aliphatic heterocycles. The highest BCUT2D eigenvalue weighted by Crippen LogP contribution is 2.15. The van der Waals surface area contributed by atoms with E-state index >= 15 is 0 Å². The van der Waals surface area contributed by atoms with Crippen molar-refractivity contribution in [3.8, 4) is 0 Å². The van der Waals surface area contributed by atoms with Crippen LogP contribution in [0.5, 0.6) is 0 Å². The van der Waals surface area contributed by atoms with Gasteiger partial charge in [-0.3, -0.25) is 0 Å². The second kappa shape index (κ2) is 3.94. The molecule has 0 saturated carbocycles. The first-order valence-electron chi connectivity index (χ1n) is 4.09. The minimum atomic E-state index is 0.133. The Hall–Kier alpha value is -0.0800. The molecule has 1 saturated heterocycles. The first kappa shape index (κ1) is 8.02. The summed E-state index contributed by atoms with van der Waals surface area (Å²) in [4.78, 5) is 2.32. The van der Waals surface area contributed by atoms with Gasteiger partial charge in [-0.15, -0.1) is 0 Å². The highest BCUT2D eigenvalue weighted by molar-refractivity contribution is 4.66. The van der Waals surface area contributed by atoms with Crippen LogP contribution in [0.4, 0.5) is 0 Å². The van der Waals surface area contributed by atoms with E-state index in [1.807, 2.05) is 0 Å². The average molecular weight is 142 g/mol. The van der Waals surface area contributed by atoms with E-state index in [0.29, 0.717) is 5.92 Å². The van der Waals surface area contributed by atoms with Gasteiger partial charge in [0.25, 0.3) is 0 Å². The summed E-state index contributed by atoms with van der Waals surface area (Å²) in [7, 11) is 2.13. The monoisotopic (exact) mass is 142 g/mol. The third-order valence-electron chi connectivity index (χ3n) is 2.31. The lowest BCUT2D eigenvalue weighted by atomic mass is 10.0.